The molecule has 328 valence electrons. The molecule has 16 heteroatoms. The van der Waals surface area contributed by atoms with Gasteiger partial charge in [-0.1, -0.05) is 37.3 Å². The van der Waals surface area contributed by atoms with Gasteiger partial charge in [0.25, 0.3) is 22.9 Å². The molecular formula is C47H53N9O7. The SMILES string of the molecule is COc1cc(C)[nH]c(=O)c1CNC(=O)c1c(C)c(C(C)N(C)C(C)=O)n2ncccc12.COc1cc(C)[nH]c(=O)c1CNC(=O)c1c(C)c(C(C)c2ccccc2)n2ncccc12. The van der Waals surface area contributed by atoms with E-state index in [0.717, 1.165) is 33.6 Å². The van der Waals surface area contributed by atoms with Crippen molar-refractivity contribution in [2.45, 2.75) is 73.5 Å². The van der Waals surface area contributed by atoms with Gasteiger partial charge in [-0.15, -0.1) is 0 Å². The Morgan fingerprint density at radius 2 is 1.14 bits per heavy atom. The Hall–Kier alpha value is -7.49. The molecule has 4 N–H and O–H groups in total. The van der Waals surface area contributed by atoms with Crippen LogP contribution in [0.5, 0.6) is 11.5 Å². The predicted molar refractivity (Wildman–Crippen MR) is 240 cm³/mol. The molecule has 0 aliphatic carbocycles. The quantitative estimate of drug-likeness (QED) is 0.117. The number of ether oxygens (including phenoxy) is 2. The number of amides is 3. The van der Waals surface area contributed by atoms with Gasteiger partial charge in [-0.2, -0.15) is 10.2 Å². The fourth-order valence-corrected chi connectivity index (χ4v) is 7.98. The van der Waals surface area contributed by atoms with Crippen LogP contribution in [-0.2, 0) is 17.9 Å². The van der Waals surface area contributed by atoms with Crippen LogP contribution in [0, 0.1) is 27.7 Å². The van der Waals surface area contributed by atoms with E-state index in [1.165, 1.54) is 21.1 Å². The van der Waals surface area contributed by atoms with Gasteiger partial charge in [-0.05, 0) is 87.7 Å². The highest BCUT2D eigenvalue weighted by atomic mass is 16.5. The van der Waals surface area contributed by atoms with Gasteiger partial charge in [0, 0.05) is 43.7 Å². The number of hydrogen-bond donors (Lipinski definition) is 4. The summed E-state index contributed by atoms with van der Waals surface area (Å²) in [4.78, 5) is 70.2. The summed E-state index contributed by atoms with van der Waals surface area (Å²) in [5.74, 6) is 0.217. The molecule has 0 spiro atoms. The number of nitrogens with one attached hydrogen (secondary N) is 4. The molecule has 0 radical (unpaired) electrons. The first-order chi connectivity index (χ1) is 30.1. The third-order valence-electron chi connectivity index (χ3n) is 11.4. The van der Waals surface area contributed by atoms with E-state index >= 15 is 0 Å². The largest absolute Gasteiger partial charge is 0.496 e. The summed E-state index contributed by atoms with van der Waals surface area (Å²) in [5, 5.41) is 14.6. The van der Waals surface area contributed by atoms with E-state index in [9.17, 15) is 24.0 Å². The number of rotatable bonds is 12. The number of carbonyl (C=O) groups excluding carboxylic acids is 3. The summed E-state index contributed by atoms with van der Waals surface area (Å²) < 4.78 is 14.2. The standard InChI is InChI=1S/C25H26N4O3.C22H27N5O4/c1-15-13-21(32-4)19(24(30)28-15)14-26-25(31)22-17(3)23(29-20(22)11-8-12-27-29)16(2)18-9-6-5-7-10-18;1-12-10-18(31-6)16(21(29)25-12)11-23-22(30)19-13(2)20(14(3)26(5)15(4)28)27-17(19)8-7-9-24-27/h5-13,16H,14H2,1-4H3,(H,26,31)(H,28,30);7-10,14H,11H2,1-6H3,(H,23,30)(H,25,29). The van der Waals surface area contributed by atoms with Gasteiger partial charge in [0.1, 0.15) is 11.5 Å². The molecule has 3 amide bonds. The number of hydrogen-bond acceptors (Lipinski definition) is 9. The molecule has 2 atom stereocenters. The molecule has 7 rings (SSSR count). The number of nitrogens with zero attached hydrogens (tertiary/aromatic N) is 5. The number of benzene rings is 1. The zero-order valence-electron chi connectivity index (χ0n) is 37.2. The lowest BCUT2D eigenvalue weighted by Crippen LogP contribution is -2.29. The fraction of sp³-hybridized carbons (Fsp3) is 0.298. The van der Waals surface area contributed by atoms with Gasteiger partial charge >= 0.3 is 0 Å². The zero-order chi connectivity index (χ0) is 45.7. The molecule has 1 aromatic carbocycles. The van der Waals surface area contributed by atoms with E-state index in [2.05, 4.69) is 49.9 Å². The number of aromatic amines is 2. The number of pyridine rings is 2. The van der Waals surface area contributed by atoms with E-state index in [1.54, 1.807) is 67.0 Å². The average molecular weight is 856 g/mol. The first-order valence-corrected chi connectivity index (χ1v) is 20.4. The maximum atomic E-state index is 13.3. The molecule has 0 aliphatic rings. The fourth-order valence-electron chi connectivity index (χ4n) is 7.98. The molecule has 16 nitrogen and oxygen atoms in total. The Balaban J connectivity index is 0.000000210. The summed E-state index contributed by atoms with van der Waals surface area (Å²) in [6, 6.07) is 20.6. The molecule has 0 fully saturated rings. The van der Waals surface area contributed by atoms with E-state index in [0.29, 0.717) is 50.7 Å². The van der Waals surface area contributed by atoms with Crippen molar-refractivity contribution in [1.29, 1.82) is 0 Å². The van der Waals surface area contributed by atoms with Crippen molar-refractivity contribution in [2.75, 3.05) is 21.3 Å². The monoisotopic (exact) mass is 855 g/mol. The molecule has 6 aromatic heterocycles. The van der Waals surface area contributed by atoms with Gasteiger partial charge in [0.05, 0.1) is 78.0 Å². The van der Waals surface area contributed by atoms with E-state index < -0.39 is 0 Å². The summed E-state index contributed by atoms with van der Waals surface area (Å²) in [6.45, 7) is 12.9. The Kier molecular flexibility index (Phi) is 13.6. The molecule has 2 unspecified atom stereocenters. The normalized spacial score (nSPS) is 12.0. The summed E-state index contributed by atoms with van der Waals surface area (Å²) >= 11 is 0. The first kappa shape index (κ1) is 45.0. The zero-order valence-corrected chi connectivity index (χ0v) is 37.2. The van der Waals surface area contributed by atoms with Crippen LogP contribution in [0.15, 0.2) is 88.7 Å². The van der Waals surface area contributed by atoms with Crippen LogP contribution in [-0.4, -0.2) is 73.1 Å². The van der Waals surface area contributed by atoms with Crippen molar-refractivity contribution < 1.29 is 23.9 Å². The van der Waals surface area contributed by atoms with Crippen LogP contribution < -0.4 is 31.2 Å². The average Bonchev–Trinajstić information content (AvgIpc) is 3.74. The molecule has 6 heterocycles. The molecule has 7 aromatic rings. The molecule has 0 aliphatic heterocycles. The second-order valence-electron chi connectivity index (χ2n) is 15.4. The predicted octanol–water partition coefficient (Wildman–Crippen LogP) is 5.85. The Labute approximate surface area is 364 Å². The molecule has 0 saturated carbocycles. The van der Waals surface area contributed by atoms with Crippen molar-refractivity contribution in [3.05, 3.63) is 162 Å². The third-order valence-corrected chi connectivity index (χ3v) is 11.4. The number of aromatic nitrogens is 6. The topological polar surface area (TPSA) is 197 Å². The van der Waals surface area contributed by atoms with Crippen LogP contribution in [0.3, 0.4) is 0 Å². The maximum Gasteiger partial charge on any atom is 0.256 e. The molecule has 0 saturated heterocycles. The van der Waals surface area contributed by atoms with Crippen LogP contribution in [0.25, 0.3) is 11.0 Å². The summed E-state index contributed by atoms with van der Waals surface area (Å²) in [6.07, 6.45) is 3.35. The Morgan fingerprint density at radius 1 is 0.698 bits per heavy atom. The van der Waals surface area contributed by atoms with Crippen molar-refractivity contribution in [3.8, 4) is 11.5 Å². The van der Waals surface area contributed by atoms with Crippen molar-refractivity contribution in [3.63, 3.8) is 0 Å². The second kappa shape index (κ2) is 19.1. The maximum absolute atomic E-state index is 13.3. The lowest BCUT2D eigenvalue weighted by molar-refractivity contribution is -0.129. The minimum Gasteiger partial charge on any atom is -0.496 e. The lowest BCUT2D eigenvalue weighted by Gasteiger charge is -2.24. The molecule has 0 bridgehead atoms. The number of aryl methyl sites for hydroxylation is 2. The van der Waals surface area contributed by atoms with Gasteiger partial charge in [0.15, 0.2) is 0 Å². The Morgan fingerprint density at radius 3 is 1.59 bits per heavy atom. The molecule has 63 heavy (non-hydrogen) atoms. The van der Waals surface area contributed by atoms with Gasteiger partial charge < -0.3 is 35.0 Å². The van der Waals surface area contributed by atoms with Crippen LogP contribution in [0.4, 0.5) is 0 Å². The summed E-state index contributed by atoms with van der Waals surface area (Å²) in [5.41, 5.74) is 8.30. The number of methoxy groups -OCH3 is 2. The van der Waals surface area contributed by atoms with Crippen molar-refractivity contribution in [1.82, 2.24) is 44.7 Å². The summed E-state index contributed by atoms with van der Waals surface area (Å²) in [7, 11) is 4.70. The number of H-pyrrole nitrogens is 2. The highest BCUT2D eigenvalue weighted by molar-refractivity contribution is 6.04. The van der Waals surface area contributed by atoms with Crippen molar-refractivity contribution >= 4 is 28.8 Å². The second-order valence-corrected chi connectivity index (χ2v) is 15.4. The highest BCUT2D eigenvalue weighted by Crippen LogP contribution is 2.33. The van der Waals surface area contributed by atoms with Crippen LogP contribution in [0.2, 0.25) is 0 Å². The van der Waals surface area contributed by atoms with E-state index in [4.69, 9.17) is 9.47 Å². The van der Waals surface area contributed by atoms with Gasteiger partial charge in [-0.25, -0.2) is 9.03 Å². The minimum atomic E-state index is -0.339. The minimum absolute atomic E-state index is 0.00684. The van der Waals surface area contributed by atoms with E-state index in [1.807, 2.05) is 55.6 Å². The smallest absolute Gasteiger partial charge is 0.256 e. The Bertz CT molecular complexity index is 2950. The van der Waals surface area contributed by atoms with Crippen LogP contribution >= 0.6 is 0 Å². The first-order valence-electron chi connectivity index (χ1n) is 20.4. The molecular weight excluding hydrogens is 803 g/mol. The van der Waals surface area contributed by atoms with Gasteiger partial charge in [0.2, 0.25) is 5.91 Å². The number of carbonyl (C=O) groups is 3. The van der Waals surface area contributed by atoms with Crippen molar-refractivity contribution in [2.24, 2.45) is 0 Å². The van der Waals surface area contributed by atoms with E-state index in [-0.39, 0.29) is 53.9 Å². The lowest BCUT2D eigenvalue weighted by atomic mass is 9.94. The van der Waals surface area contributed by atoms with Gasteiger partial charge in [-0.3, -0.25) is 24.0 Å². The number of fused-ring (bicyclic) bond motifs is 2. The highest BCUT2D eigenvalue weighted by Gasteiger charge is 2.28. The third kappa shape index (κ3) is 9.10. The van der Waals surface area contributed by atoms with Crippen LogP contribution in [0.1, 0.15) is 104 Å².